The van der Waals surface area contributed by atoms with Crippen molar-refractivity contribution in [2.24, 2.45) is 0 Å². The average molecular weight is 213 g/mol. The van der Waals surface area contributed by atoms with Gasteiger partial charge in [0.2, 0.25) is 0 Å². The molecule has 0 atom stereocenters. The van der Waals surface area contributed by atoms with E-state index >= 15 is 0 Å². The molecule has 0 aliphatic carbocycles. The van der Waals surface area contributed by atoms with Crippen molar-refractivity contribution in [3.8, 4) is 5.75 Å². The molecule has 0 aliphatic heterocycles. The molecular weight excluding hydrogens is 200 g/mol. The topological polar surface area (TPSA) is 26.3 Å². The van der Waals surface area contributed by atoms with Gasteiger partial charge in [0, 0.05) is 11.4 Å². The van der Waals surface area contributed by atoms with Gasteiger partial charge in [0.05, 0.1) is 6.61 Å². The van der Waals surface area contributed by atoms with Gasteiger partial charge in [-0.25, -0.2) is 0 Å². The van der Waals surface area contributed by atoms with Crippen LogP contribution in [0.4, 0.5) is 0 Å². The van der Waals surface area contributed by atoms with Crippen molar-refractivity contribution in [1.82, 2.24) is 0 Å². The van der Waals surface area contributed by atoms with Crippen molar-refractivity contribution in [3.05, 3.63) is 28.8 Å². The van der Waals surface area contributed by atoms with Gasteiger partial charge in [-0.1, -0.05) is 18.5 Å². The Labute approximate surface area is 88.8 Å². The average Bonchev–Trinajstić information content (AvgIpc) is 2.21. The highest BCUT2D eigenvalue weighted by atomic mass is 35.5. The van der Waals surface area contributed by atoms with E-state index in [-0.39, 0.29) is 0 Å². The molecule has 0 heterocycles. The van der Waals surface area contributed by atoms with E-state index in [0.717, 1.165) is 29.0 Å². The summed E-state index contributed by atoms with van der Waals surface area (Å²) in [6.07, 6.45) is 2.14. The molecule has 0 spiro atoms. The van der Waals surface area contributed by atoms with E-state index in [1.165, 1.54) is 0 Å². The molecule has 1 aromatic rings. The monoisotopic (exact) mass is 212 g/mol. The number of hydrogen-bond donors (Lipinski definition) is 0. The Morgan fingerprint density at radius 2 is 2.29 bits per heavy atom. The molecule has 0 unspecified atom stereocenters. The number of rotatable bonds is 5. The molecule has 0 amide bonds. The number of halogens is 1. The number of aldehydes is 1. The van der Waals surface area contributed by atoms with Crippen molar-refractivity contribution >= 4 is 17.9 Å². The van der Waals surface area contributed by atoms with E-state index in [1.807, 2.05) is 25.1 Å². The zero-order chi connectivity index (χ0) is 10.4. The molecule has 0 aromatic heterocycles. The van der Waals surface area contributed by atoms with Gasteiger partial charge in [-0.05, 0) is 30.2 Å². The van der Waals surface area contributed by atoms with E-state index in [9.17, 15) is 4.79 Å². The SMILES string of the molecule is CCc1cc(OCCC=O)ccc1Cl. The molecule has 1 rings (SSSR count). The summed E-state index contributed by atoms with van der Waals surface area (Å²) in [7, 11) is 0. The molecule has 1 aromatic carbocycles. The van der Waals surface area contributed by atoms with Gasteiger partial charge in [0.25, 0.3) is 0 Å². The molecule has 0 saturated carbocycles. The zero-order valence-corrected chi connectivity index (χ0v) is 8.88. The van der Waals surface area contributed by atoms with Crippen LogP contribution in [0.5, 0.6) is 5.75 Å². The van der Waals surface area contributed by atoms with E-state index in [4.69, 9.17) is 16.3 Å². The van der Waals surface area contributed by atoms with Crippen LogP contribution in [0.15, 0.2) is 18.2 Å². The Morgan fingerprint density at radius 1 is 1.50 bits per heavy atom. The molecule has 14 heavy (non-hydrogen) atoms. The molecule has 2 nitrogen and oxygen atoms in total. The maximum Gasteiger partial charge on any atom is 0.123 e. The molecule has 0 radical (unpaired) electrons. The molecule has 0 N–H and O–H groups in total. The summed E-state index contributed by atoms with van der Waals surface area (Å²) >= 11 is 5.95. The summed E-state index contributed by atoms with van der Waals surface area (Å²) in [5.74, 6) is 0.771. The molecule has 76 valence electrons. The van der Waals surface area contributed by atoms with Crippen LogP contribution in [-0.4, -0.2) is 12.9 Å². The lowest BCUT2D eigenvalue weighted by Gasteiger charge is -2.06. The first-order valence-corrected chi connectivity index (χ1v) is 5.00. The second-order valence-electron chi connectivity index (χ2n) is 2.91. The van der Waals surface area contributed by atoms with Crippen molar-refractivity contribution in [3.63, 3.8) is 0 Å². The highest BCUT2D eigenvalue weighted by Crippen LogP contribution is 2.22. The molecule has 0 fully saturated rings. The number of ether oxygens (including phenoxy) is 1. The third-order valence-electron chi connectivity index (χ3n) is 1.90. The Bertz CT molecular complexity index is 310. The number of aryl methyl sites for hydroxylation is 1. The summed E-state index contributed by atoms with van der Waals surface area (Å²) in [5, 5.41) is 0.759. The van der Waals surface area contributed by atoms with Crippen molar-refractivity contribution in [2.75, 3.05) is 6.61 Å². The fourth-order valence-corrected chi connectivity index (χ4v) is 1.39. The number of carbonyl (C=O) groups excluding carboxylic acids is 1. The Balaban J connectivity index is 2.64. The Kier molecular flexibility index (Phi) is 4.47. The van der Waals surface area contributed by atoms with Gasteiger partial charge in [-0.15, -0.1) is 0 Å². The lowest BCUT2D eigenvalue weighted by atomic mass is 10.1. The summed E-state index contributed by atoms with van der Waals surface area (Å²) in [6.45, 7) is 2.46. The number of carbonyl (C=O) groups is 1. The third kappa shape index (κ3) is 3.04. The number of hydrogen-bond acceptors (Lipinski definition) is 2. The number of benzene rings is 1. The normalized spacial score (nSPS) is 9.86. The quantitative estimate of drug-likeness (QED) is 0.554. The highest BCUT2D eigenvalue weighted by molar-refractivity contribution is 6.31. The fourth-order valence-electron chi connectivity index (χ4n) is 1.14. The van der Waals surface area contributed by atoms with Gasteiger partial charge in [0.1, 0.15) is 12.0 Å². The van der Waals surface area contributed by atoms with Crippen molar-refractivity contribution in [2.45, 2.75) is 19.8 Å². The Hall–Kier alpha value is -1.02. The minimum atomic E-state index is 0.421. The minimum Gasteiger partial charge on any atom is -0.493 e. The Morgan fingerprint density at radius 3 is 2.93 bits per heavy atom. The standard InChI is InChI=1S/C11H13ClO2/c1-2-9-8-10(4-5-11(9)12)14-7-3-6-13/h4-6,8H,2-3,7H2,1H3. The van der Waals surface area contributed by atoms with Gasteiger partial charge >= 0.3 is 0 Å². The van der Waals surface area contributed by atoms with Crippen LogP contribution in [0, 0.1) is 0 Å². The first-order chi connectivity index (χ1) is 6.77. The largest absolute Gasteiger partial charge is 0.493 e. The summed E-state index contributed by atoms with van der Waals surface area (Å²) in [5.41, 5.74) is 1.07. The molecule has 0 saturated heterocycles. The van der Waals surface area contributed by atoms with Gasteiger partial charge < -0.3 is 9.53 Å². The summed E-state index contributed by atoms with van der Waals surface area (Å²) in [6, 6.07) is 5.54. The van der Waals surface area contributed by atoms with Gasteiger partial charge in [-0.3, -0.25) is 0 Å². The molecule has 3 heteroatoms. The molecular formula is C11H13ClO2. The molecule has 0 bridgehead atoms. The van der Waals surface area contributed by atoms with E-state index in [1.54, 1.807) is 0 Å². The predicted octanol–water partition coefficient (Wildman–Crippen LogP) is 2.87. The van der Waals surface area contributed by atoms with Gasteiger partial charge in [0.15, 0.2) is 0 Å². The second-order valence-corrected chi connectivity index (χ2v) is 3.32. The first kappa shape index (κ1) is 11.1. The van der Waals surface area contributed by atoms with Crippen LogP contribution in [-0.2, 0) is 11.2 Å². The maximum atomic E-state index is 10.1. The predicted molar refractivity (Wildman–Crippen MR) is 57.0 cm³/mol. The van der Waals surface area contributed by atoms with Crippen LogP contribution in [0.3, 0.4) is 0 Å². The first-order valence-electron chi connectivity index (χ1n) is 4.62. The van der Waals surface area contributed by atoms with Crippen LogP contribution >= 0.6 is 11.6 Å². The van der Waals surface area contributed by atoms with E-state index in [0.29, 0.717) is 13.0 Å². The van der Waals surface area contributed by atoms with Crippen LogP contribution in [0.25, 0.3) is 0 Å². The van der Waals surface area contributed by atoms with Crippen LogP contribution in [0.1, 0.15) is 18.9 Å². The fraction of sp³-hybridized carbons (Fsp3) is 0.364. The third-order valence-corrected chi connectivity index (χ3v) is 2.27. The smallest absolute Gasteiger partial charge is 0.123 e. The van der Waals surface area contributed by atoms with Gasteiger partial charge in [-0.2, -0.15) is 0 Å². The van der Waals surface area contributed by atoms with Crippen LogP contribution in [0.2, 0.25) is 5.02 Å². The summed E-state index contributed by atoms with van der Waals surface area (Å²) in [4.78, 5) is 10.1. The van der Waals surface area contributed by atoms with Crippen molar-refractivity contribution < 1.29 is 9.53 Å². The van der Waals surface area contributed by atoms with Crippen LogP contribution < -0.4 is 4.74 Å². The zero-order valence-electron chi connectivity index (χ0n) is 8.13. The highest BCUT2D eigenvalue weighted by Gasteiger charge is 2.00. The maximum absolute atomic E-state index is 10.1. The molecule has 0 aliphatic rings. The lowest BCUT2D eigenvalue weighted by molar-refractivity contribution is -0.108. The van der Waals surface area contributed by atoms with Crippen molar-refractivity contribution in [1.29, 1.82) is 0 Å². The van der Waals surface area contributed by atoms with E-state index in [2.05, 4.69) is 0 Å². The second kappa shape index (κ2) is 5.66. The summed E-state index contributed by atoms with van der Waals surface area (Å²) < 4.78 is 5.35. The lowest BCUT2D eigenvalue weighted by Crippen LogP contribution is -1.98. The van der Waals surface area contributed by atoms with E-state index < -0.39 is 0 Å². The minimum absolute atomic E-state index is 0.421.